The maximum absolute atomic E-state index is 12.9. The Labute approximate surface area is 179 Å². The minimum Gasteiger partial charge on any atom is -0.333 e. The molecule has 1 spiro atoms. The molecule has 1 aromatic heterocycles. The number of thiazole rings is 1. The van der Waals surface area contributed by atoms with Crippen LogP contribution in [0, 0.1) is 0 Å². The second kappa shape index (κ2) is 7.65. The number of fused-ring (bicyclic) bond motifs is 1. The highest BCUT2D eigenvalue weighted by Crippen LogP contribution is 2.37. The molecule has 2 saturated heterocycles. The van der Waals surface area contributed by atoms with Crippen LogP contribution in [-0.4, -0.2) is 51.3 Å². The highest BCUT2D eigenvalue weighted by molar-refractivity contribution is 7.18. The van der Waals surface area contributed by atoms with E-state index >= 15 is 0 Å². The van der Waals surface area contributed by atoms with Gasteiger partial charge in [0.2, 0.25) is 5.91 Å². The third-order valence-corrected chi connectivity index (χ3v) is 7.78. The van der Waals surface area contributed by atoms with Gasteiger partial charge in [0.25, 0.3) is 5.91 Å². The molecule has 8 heteroatoms. The quantitative estimate of drug-likeness (QED) is 0.741. The Balaban J connectivity index is 1.20. The molecule has 2 aromatic rings. The van der Waals surface area contributed by atoms with Crippen molar-refractivity contribution >= 4 is 39.4 Å². The van der Waals surface area contributed by atoms with Crippen LogP contribution >= 0.6 is 11.3 Å². The van der Waals surface area contributed by atoms with Gasteiger partial charge in [-0.25, -0.2) is 9.78 Å². The fourth-order valence-electron chi connectivity index (χ4n) is 5.08. The average Bonchev–Trinajstić information content (AvgIpc) is 3.51. The number of imide groups is 1. The topological polar surface area (TPSA) is 82.6 Å². The van der Waals surface area contributed by atoms with E-state index in [1.54, 1.807) is 11.3 Å². The molecule has 3 heterocycles. The molecule has 1 saturated carbocycles. The van der Waals surface area contributed by atoms with Crippen LogP contribution in [0.3, 0.4) is 0 Å². The molecule has 0 bridgehead atoms. The minimum atomic E-state index is -0.673. The van der Waals surface area contributed by atoms with Crippen molar-refractivity contribution in [3.8, 4) is 0 Å². The van der Waals surface area contributed by atoms with Crippen molar-refractivity contribution in [3.05, 3.63) is 29.3 Å². The van der Waals surface area contributed by atoms with E-state index in [0.29, 0.717) is 19.4 Å². The first-order chi connectivity index (χ1) is 14.6. The number of nitrogens with zero attached hydrogens (tertiary/aromatic N) is 3. The maximum atomic E-state index is 12.9. The van der Waals surface area contributed by atoms with Gasteiger partial charge in [0.15, 0.2) is 0 Å². The first kappa shape index (κ1) is 19.5. The van der Waals surface area contributed by atoms with Crippen molar-refractivity contribution in [2.45, 2.75) is 62.9 Å². The summed E-state index contributed by atoms with van der Waals surface area (Å²) >= 11 is 1.66. The summed E-state index contributed by atoms with van der Waals surface area (Å²) in [4.78, 5) is 46.0. The van der Waals surface area contributed by atoms with Crippen LogP contribution in [0.25, 0.3) is 10.2 Å². The summed E-state index contributed by atoms with van der Waals surface area (Å²) in [7, 11) is 0. The first-order valence-corrected chi connectivity index (χ1v) is 11.7. The Bertz CT molecular complexity index is 964. The summed E-state index contributed by atoms with van der Waals surface area (Å²) in [6.07, 6.45) is 6.14. The number of carbonyl (C=O) groups excluding carboxylic acids is 3. The molecular formula is C22H26N4O3S. The van der Waals surface area contributed by atoms with E-state index in [0.717, 1.165) is 60.3 Å². The van der Waals surface area contributed by atoms with Crippen molar-refractivity contribution in [1.82, 2.24) is 20.1 Å². The molecule has 2 aliphatic heterocycles. The summed E-state index contributed by atoms with van der Waals surface area (Å²) in [5.41, 5.74) is 0.310. The number of hydrogen-bond acceptors (Lipinski definition) is 5. The monoisotopic (exact) mass is 426 g/mol. The Hall–Kier alpha value is -2.48. The van der Waals surface area contributed by atoms with Gasteiger partial charge in [-0.05, 0) is 44.2 Å². The van der Waals surface area contributed by atoms with E-state index in [-0.39, 0.29) is 23.9 Å². The number of amides is 4. The molecular weight excluding hydrogens is 400 g/mol. The number of nitrogens with one attached hydrogen (secondary N) is 1. The summed E-state index contributed by atoms with van der Waals surface area (Å²) in [5.74, 6) is -0.0228. The van der Waals surface area contributed by atoms with Crippen LogP contribution in [0.15, 0.2) is 24.3 Å². The third kappa shape index (κ3) is 3.27. The van der Waals surface area contributed by atoms with Crippen LogP contribution in [0.5, 0.6) is 0 Å². The van der Waals surface area contributed by atoms with E-state index in [2.05, 4.69) is 11.4 Å². The Kier molecular flexibility index (Phi) is 4.97. The maximum Gasteiger partial charge on any atom is 0.325 e. The Morgan fingerprint density at radius 3 is 2.80 bits per heavy atom. The lowest BCUT2D eigenvalue weighted by Crippen LogP contribution is -2.44. The lowest BCUT2D eigenvalue weighted by atomic mass is 9.98. The standard InChI is InChI=1S/C22H26N4O3S/c27-18(10-6-14-26-20(28)22(24-21(26)29)11-3-4-12-22)25-13-5-8-16(25)19-23-15-7-1-2-9-17(15)30-19/h1-2,7,9,16H,3-6,8,10-14H2,(H,24,29)/t16-/m1/s1. The van der Waals surface area contributed by atoms with Gasteiger partial charge in [-0.3, -0.25) is 14.5 Å². The number of aromatic nitrogens is 1. The van der Waals surface area contributed by atoms with Crippen molar-refractivity contribution in [2.75, 3.05) is 13.1 Å². The lowest BCUT2D eigenvalue weighted by Gasteiger charge is -2.23. The van der Waals surface area contributed by atoms with E-state index in [1.807, 2.05) is 23.1 Å². The molecule has 3 fully saturated rings. The van der Waals surface area contributed by atoms with Crippen LogP contribution < -0.4 is 5.32 Å². The number of carbonyl (C=O) groups is 3. The molecule has 1 atom stereocenters. The predicted octanol–water partition coefficient (Wildman–Crippen LogP) is 3.60. The highest BCUT2D eigenvalue weighted by atomic mass is 32.1. The van der Waals surface area contributed by atoms with Crippen LogP contribution in [0.4, 0.5) is 4.79 Å². The minimum absolute atomic E-state index is 0.0355. The van der Waals surface area contributed by atoms with Crippen LogP contribution in [0.2, 0.25) is 0 Å². The predicted molar refractivity (Wildman–Crippen MR) is 114 cm³/mol. The molecule has 0 unspecified atom stereocenters. The molecule has 7 nitrogen and oxygen atoms in total. The number of likely N-dealkylation sites (tertiary alicyclic amines) is 1. The fourth-order valence-corrected chi connectivity index (χ4v) is 6.20. The Morgan fingerprint density at radius 1 is 1.20 bits per heavy atom. The first-order valence-electron chi connectivity index (χ1n) is 10.9. The van der Waals surface area contributed by atoms with E-state index in [4.69, 9.17) is 4.98 Å². The molecule has 5 rings (SSSR count). The van der Waals surface area contributed by atoms with Crippen molar-refractivity contribution < 1.29 is 14.4 Å². The molecule has 158 valence electrons. The number of rotatable bonds is 5. The van der Waals surface area contributed by atoms with Crippen molar-refractivity contribution in [3.63, 3.8) is 0 Å². The van der Waals surface area contributed by atoms with Crippen LogP contribution in [0.1, 0.15) is 62.4 Å². The fraction of sp³-hybridized carbons (Fsp3) is 0.545. The Morgan fingerprint density at radius 2 is 2.00 bits per heavy atom. The second-order valence-electron chi connectivity index (χ2n) is 8.54. The van der Waals surface area contributed by atoms with Gasteiger partial charge in [-0.2, -0.15) is 0 Å². The average molecular weight is 427 g/mol. The molecule has 1 aromatic carbocycles. The zero-order valence-electron chi connectivity index (χ0n) is 16.9. The van der Waals surface area contributed by atoms with Gasteiger partial charge >= 0.3 is 6.03 Å². The SMILES string of the molecule is O=C1NC2(CCCC2)C(=O)N1CCCC(=O)N1CCC[C@@H]1c1nc2ccccc2s1. The summed E-state index contributed by atoms with van der Waals surface area (Å²) < 4.78 is 1.14. The third-order valence-electron chi connectivity index (χ3n) is 6.64. The molecule has 1 N–H and O–H groups in total. The number of para-hydroxylation sites is 1. The summed E-state index contributed by atoms with van der Waals surface area (Å²) in [5, 5.41) is 3.90. The normalized spacial score (nSPS) is 23.1. The second-order valence-corrected chi connectivity index (χ2v) is 9.61. The van der Waals surface area contributed by atoms with E-state index in [1.165, 1.54) is 4.90 Å². The molecule has 4 amide bonds. The summed E-state index contributed by atoms with van der Waals surface area (Å²) in [6.45, 7) is 1.05. The van der Waals surface area contributed by atoms with Crippen molar-refractivity contribution in [1.29, 1.82) is 0 Å². The summed E-state index contributed by atoms with van der Waals surface area (Å²) in [6, 6.07) is 7.79. The molecule has 30 heavy (non-hydrogen) atoms. The van der Waals surface area contributed by atoms with Gasteiger partial charge in [0.05, 0.1) is 16.3 Å². The smallest absolute Gasteiger partial charge is 0.325 e. The van der Waals surface area contributed by atoms with Gasteiger partial charge < -0.3 is 10.2 Å². The van der Waals surface area contributed by atoms with Crippen molar-refractivity contribution in [2.24, 2.45) is 0 Å². The zero-order valence-corrected chi connectivity index (χ0v) is 17.7. The number of hydrogen-bond donors (Lipinski definition) is 1. The largest absolute Gasteiger partial charge is 0.333 e. The van der Waals surface area contributed by atoms with Gasteiger partial charge in [-0.1, -0.05) is 25.0 Å². The molecule has 3 aliphatic rings. The van der Waals surface area contributed by atoms with E-state index in [9.17, 15) is 14.4 Å². The number of urea groups is 1. The van der Waals surface area contributed by atoms with Crippen LogP contribution in [-0.2, 0) is 9.59 Å². The molecule has 0 radical (unpaired) electrons. The highest BCUT2D eigenvalue weighted by Gasteiger charge is 2.52. The van der Waals surface area contributed by atoms with E-state index < -0.39 is 5.54 Å². The van der Waals surface area contributed by atoms with Gasteiger partial charge in [0.1, 0.15) is 10.5 Å². The number of benzene rings is 1. The van der Waals surface area contributed by atoms with Gasteiger partial charge in [0, 0.05) is 19.5 Å². The zero-order chi connectivity index (χ0) is 20.7. The lowest BCUT2D eigenvalue weighted by molar-refractivity contribution is -0.134. The molecule has 1 aliphatic carbocycles. The van der Waals surface area contributed by atoms with Gasteiger partial charge in [-0.15, -0.1) is 11.3 Å².